The third-order valence-corrected chi connectivity index (χ3v) is 3.23. The average Bonchev–Trinajstić information content (AvgIpc) is 2.74. The van der Waals surface area contributed by atoms with Gasteiger partial charge in [-0.05, 0) is 39.6 Å². The lowest BCUT2D eigenvalue weighted by Crippen LogP contribution is -2.12. The second kappa shape index (κ2) is 4.78. The molecule has 6 heteroatoms. The predicted octanol–water partition coefficient (Wildman–Crippen LogP) is 1.94. The van der Waals surface area contributed by atoms with Gasteiger partial charge in [-0.3, -0.25) is 4.98 Å². The van der Waals surface area contributed by atoms with Crippen molar-refractivity contribution in [2.24, 2.45) is 5.73 Å². The lowest BCUT2D eigenvalue weighted by Gasteiger charge is -2.07. The number of nitrogens with two attached hydrogens (primary N) is 1. The first kappa shape index (κ1) is 10.7. The van der Waals surface area contributed by atoms with Gasteiger partial charge in [-0.2, -0.15) is 0 Å². The van der Waals surface area contributed by atoms with Crippen molar-refractivity contribution < 1.29 is 0 Å². The summed E-state index contributed by atoms with van der Waals surface area (Å²) >= 11 is 4.67. The molecule has 1 atom stereocenters. The first-order valence-electron chi connectivity index (χ1n) is 4.39. The molecule has 2 N–H and O–H groups in total. The van der Waals surface area contributed by atoms with Crippen molar-refractivity contribution in [3.63, 3.8) is 0 Å². The Morgan fingerprint density at radius 1 is 1.40 bits per heavy atom. The summed E-state index contributed by atoms with van der Waals surface area (Å²) in [5.74, 6) is 0. The van der Waals surface area contributed by atoms with E-state index in [1.807, 2.05) is 12.1 Å². The fourth-order valence-electron chi connectivity index (χ4n) is 1.19. The summed E-state index contributed by atoms with van der Waals surface area (Å²) in [6.07, 6.45) is 4.18. The Morgan fingerprint density at radius 3 is 2.87 bits per heavy atom. The number of halogens is 1. The van der Waals surface area contributed by atoms with Crippen LogP contribution in [0.1, 0.15) is 16.6 Å². The summed E-state index contributed by atoms with van der Waals surface area (Å²) in [6.45, 7) is 0. The molecule has 0 saturated carbocycles. The van der Waals surface area contributed by atoms with Crippen LogP contribution in [0.3, 0.4) is 0 Å². The number of nitrogens with zero attached hydrogens (tertiary/aromatic N) is 3. The molecular weight excluding hydrogens is 276 g/mol. The fraction of sp³-hybridized carbons (Fsp3) is 0.222. The summed E-state index contributed by atoms with van der Waals surface area (Å²) < 4.78 is 4.75. The monoisotopic (exact) mass is 284 g/mol. The quantitative estimate of drug-likeness (QED) is 0.936. The molecule has 1 unspecified atom stereocenters. The molecule has 0 saturated heterocycles. The Labute approximate surface area is 99.8 Å². The molecule has 2 rings (SSSR count). The molecule has 0 bridgehead atoms. The van der Waals surface area contributed by atoms with E-state index in [0.29, 0.717) is 6.42 Å². The molecule has 2 heterocycles. The smallest absolute Gasteiger partial charge is 0.0669 e. The van der Waals surface area contributed by atoms with Crippen LogP contribution in [0.15, 0.2) is 29.0 Å². The lowest BCUT2D eigenvalue weighted by atomic mass is 10.1. The van der Waals surface area contributed by atoms with Crippen molar-refractivity contribution in [2.45, 2.75) is 12.5 Å². The highest BCUT2D eigenvalue weighted by Gasteiger charge is 2.10. The van der Waals surface area contributed by atoms with E-state index in [1.165, 1.54) is 11.5 Å². The maximum absolute atomic E-state index is 5.99. The average molecular weight is 285 g/mol. The van der Waals surface area contributed by atoms with Gasteiger partial charge < -0.3 is 5.73 Å². The van der Waals surface area contributed by atoms with E-state index in [1.54, 1.807) is 12.4 Å². The molecule has 15 heavy (non-hydrogen) atoms. The Bertz CT molecular complexity index is 414. The largest absolute Gasteiger partial charge is 0.323 e. The Morgan fingerprint density at radius 2 is 2.27 bits per heavy atom. The number of aromatic nitrogens is 3. The molecule has 0 aliphatic rings. The highest BCUT2D eigenvalue weighted by Crippen LogP contribution is 2.17. The van der Waals surface area contributed by atoms with E-state index < -0.39 is 0 Å². The van der Waals surface area contributed by atoms with Crippen LogP contribution in [0.2, 0.25) is 0 Å². The van der Waals surface area contributed by atoms with Gasteiger partial charge in [0.05, 0.1) is 11.1 Å². The molecule has 2 aromatic heterocycles. The molecule has 78 valence electrons. The minimum atomic E-state index is -0.0707. The third kappa shape index (κ3) is 2.80. The second-order valence-electron chi connectivity index (χ2n) is 3.10. The van der Waals surface area contributed by atoms with Gasteiger partial charge >= 0.3 is 0 Å². The van der Waals surface area contributed by atoms with Gasteiger partial charge in [0.15, 0.2) is 0 Å². The van der Waals surface area contributed by atoms with Crippen LogP contribution >= 0.6 is 27.5 Å². The summed E-state index contributed by atoms with van der Waals surface area (Å²) in [6, 6.07) is 3.84. The molecule has 0 amide bonds. The zero-order valence-electron chi connectivity index (χ0n) is 7.80. The minimum absolute atomic E-state index is 0.0707. The van der Waals surface area contributed by atoms with Crippen molar-refractivity contribution in [3.8, 4) is 0 Å². The summed E-state index contributed by atoms with van der Waals surface area (Å²) in [5.41, 5.74) is 6.96. The van der Waals surface area contributed by atoms with E-state index in [0.717, 1.165) is 15.0 Å². The Balaban J connectivity index is 2.06. The maximum atomic E-state index is 5.99. The molecule has 0 radical (unpaired) electrons. The maximum Gasteiger partial charge on any atom is 0.0669 e. The van der Waals surface area contributed by atoms with E-state index in [4.69, 9.17) is 5.73 Å². The van der Waals surface area contributed by atoms with Crippen LogP contribution in [0.25, 0.3) is 0 Å². The second-order valence-corrected chi connectivity index (χ2v) is 4.83. The molecule has 0 aliphatic carbocycles. The standard InChI is InChI=1S/C9H9BrN4S/c10-6-1-2-7(12-4-6)3-8(11)9-5-13-14-15-9/h1-2,4-5,8H,3,11H2. The Kier molecular flexibility index (Phi) is 3.40. The zero-order chi connectivity index (χ0) is 10.7. The van der Waals surface area contributed by atoms with E-state index in [-0.39, 0.29) is 6.04 Å². The minimum Gasteiger partial charge on any atom is -0.323 e. The normalized spacial score (nSPS) is 12.7. The van der Waals surface area contributed by atoms with Crippen molar-refractivity contribution in [1.29, 1.82) is 0 Å². The topological polar surface area (TPSA) is 64.7 Å². The SMILES string of the molecule is NC(Cc1ccc(Br)cn1)c1cnns1. The van der Waals surface area contributed by atoms with Gasteiger partial charge in [0.25, 0.3) is 0 Å². The van der Waals surface area contributed by atoms with Gasteiger partial charge in [-0.25, -0.2) is 0 Å². The summed E-state index contributed by atoms with van der Waals surface area (Å²) in [7, 11) is 0. The van der Waals surface area contributed by atoms with E-state index >= 15 is 0 Å². The number of rotatable bonds is 3. The van der Waals surface area contributed by atoms with E-state index in [9.17, 15) is 0 Å². The summed E-state index contributed by atoms with van der Waals surface area (Å²) in [5, 5.41) is 3.76. The van der Waals surface area contributed by atoms with Crippen LogP contribution in [-0.2, 0) is 6.42 Å². The van der Waals surface area contributed by atoms with Crippen LogP contribution in [-0.4, -0.2) is 14.6 Å². The molecule has 0 aromatic carbocycles. The van der Waals surface area contributed by atoms with Crippen molar-refractivity contribution >= 4 is 27.5 Å². The summed E-state index contributed by atoms with van der Waals surface area (Å²) in [4.78, 5) is 5.25. The Hall–Kier alpha value is -0.850. The molecule has 2 aromatic rings. The highest BCUT2D eigenvalue weighted by molar-refractivity contribution is 9.10. The van der Waals surface area contributed by atoms with Crippen LogP contribution in [0.4, 0.5) is 0 Å². The predicted molar refractivity (Wildman–Crippen MR) is 62.5 cm³/mol. The van der Waals surface area contributed by atoms with Crippen LogP contribution in [0, 0.1) is 0 Å². The van der Waals surface area contributed by atoms with Crippen molar-refractivity contribution in [3.05, 3.63) is 39.6 Å². The molecule has 0 spiro atoms. The lowest BCUT2D eigenvalue weighted by molar-refractivity contribution is 0.718. The molecule has 0 fully saturated rings. The molecule has 4 nitrogen and oxygen atoms in total. The van der Waals surface area contributed by atoms with E-state index in [2.05, 4.69) is 30.5 Å². The van der Waals surface area contributed by atoms with Crippen LogP contribution < -0.4 is 5.73 Å². The fourth-order valence-corrected chi connectivity index (χ4v) is 1.93. The zero-order valence-corrected chi connectivity index (χ0v) is 10.2. The van der Waals surface area contributed by atoms with Crippen molar-refractivity contribution in [2.75, 3.05) is 0 Å². The first-order chi connectivity index (χ1) is 7.25. The van der Waals surface area contributed by atoms with Gasteiger partial charge in [0.2, 0.25) is 0 Å². The third-order valence-electron chi connectivity index (χ3n) is 1.96. The highest BCUT2D eigenvalue weighted by atomic mass is 79.9. The van der Waals surface area contributed by atoms with Gasteiger partial charge in [0.1, 0.15) is 0 Å². The van der Waals surface area contributed by atoms with Gasteiger partial charge in [0, 0.05) is 28.8 Å². The molecular formula is C9H9BrN4S. The number of pyridine rings is 1. The van der Waals surface area contributed by atoms with Crippen molar-refractivity contribution in [1.82, 2.24) is 14.6 Å². The first-order valence-corrected chi connectivity index (χ1v) is 5.95. The van der Waals surface area contributed by atoms with Gasteiger partial charge in [-0.1, -0.05) is 4.49 Å². The van der Waals surface area contributed by atoms with Crippen LogP contribution in [0.5, 0.6) is 0 Å². The number of hydrogen-bond donors (Lipinski definition) is 1. The van der Waals surface area contributed by atoms with Gasteiger partial charge in [-0.15, -0.1) is 5.10 Å². The molecule has 0 aliphatic heterocycles. The number of hydrogen-bond acceptors (Lipinski definition) is 5.